The fourth-order valence-electron chi connectivity index (χ4n) is 1.62. The van der Waals surface area contributed by atoms with Gasteiger partial charge in [0.05, 0.1) is 5.69 Å². The third kappa shape index (κ3) is 3.34. The lowest BCUT2D eigenvalue weighted by Crippen LogP contribution is -2.16. The summed E-state index contributed by atoms with van der Waals surface area (Å²) in [6, 6.07) is 9.71. The van der Waals surface area contributed by atoms with Gasteiger partial charge in [-0.3, -0.25) is 9.59 Å². The molecule has 5 heteroatoms. The summed E-state index contributed by atoms with van der Waals surface area (Å²) >= 11 is 0. The number of aliphatic hydroxyl groups is 1. The lowest BCUT2D eigenvalue weighted by Gasteiger charge is -2.07. The van der Waals surface area contributed by atoms with Gasteiger partial charge in [0.25, 0.3) is 5.91 Å². The van der Waals surface area contributed by atoms with Crippen LogP contribution in [0.1, 0.15) is 15.9 Å². The van der Waals surface area contributed by atoms with Crippen LogP contribution in [0.4, 0.5) is 5.69 Å². The van der Waals surface area contributed by atoms with E-state index in [-0.39, 0.29) is 17.7 Å². The first-order valence-corrected chi connectivity index (χ1v) is 5.89. The van der Waals surface area contributed by atoms with Crippen molar-refractivity contribution in [1.29, 1.82) is 0 Å². The summed E-state index contributed by atoms with van der Waals surface area (Å²) in [6.07, 6.45) is 1.41. The van der Waals surface area contributed by atoms with E-state index in [0.29, 0.717) is 11.3 Å². The Hall–Kier alpha value is -2.84. The zero-order chi connectivity index (χ0) is 14.4. The molecule has 2 aromatic rings. The molecule has 0 spiro atoms. The van der Waals surface area contributed by atoms with Crippen LogP contribution in [0.3, 0.4) is 0 Å². The molecule has 20 heavy (non-hydrogen) atoms. The number of anilines is 1. The van der Waals surface area contributed by atoms with E-state index in [1.165, 1.54) is 18.3 Å². The van der Waals surface area contributed by atoms with E-state index in [2.05, 4.69) is 22.1 Å². The molecule has 0 radical (unpaired) electrons. The number of hydrogen-bond donors (Lipinski definition) is 3. The highest BCUT2D eigenvalue weighted by Crippen LogP contribution is 2.14. The first-order valence-electron chi connectivity index (χ1n) is 5.89. The van der Waals surface area contributed by atoms with Gasteiger partial charge in [0.1, 0.15) is 6.61 Å². The third-order valence-corrected chi connectivity index (χ3v) is 2.51. The predicted molar refractivity (Wildman–Crippen MR) is 75.4 cm³/mol. The first kappa shape index (κ1) is 13.6. The number of aromatic amines is 1. The molecule has 5 nitrogen and oxygen atoms in total. The molecule has 3 N–H and O–H groups in total. The maximum Gasteiger partial charge on any atom is 0.255 e. The van der Waals surface area contributed by atoms with Gasteiger partial charge in [-0.1, -0.05) is 24.0 Å². The normalized spacial score (nSPS) is 9.45. The predicted octanol–water partition coefficient (Wildman–Crippen LogP) is 0.971. The smallest absolute Gasteiger partial charge is 0.255 e. The van der Waals surface area contributed by atoms with Crippen LogP contribution in [0.2, 0.25) is 0 Å². The van der Waals surface area contributed by atoms with Gasteiger partial charge in [0, 0.05) is 23.4 Å². The van der Waals surface area contributed by atoms with Crippen molar-refractivity contribution in [2.24, 2.45) is 0 Å². The Morgan fingerprint density at radius 3 is 2.85 bits per heavy atom. The van der Waals surface area contributed by atoms with Gasteiger partial charge < -0.3 is 15.4 Å². The highest BCUT2D eigenvalue weighted by Gasteiger charge is 2.08. The van der Waals surface area contributed by atoms with Crippen molar-refractivity contribution >= 4 is 11.6 Å². The fraction of sp³-hybridized carbons (Fsp3) is 0.0667. The van der Waals surface area contributed by atoms with Gasteiger partial charge in [0.15, 0.2) is 0 Å². The number of carbonyl (C=O) groups is 1. The Morgan fingerprint density at radius 2 is 2.10 bits per heavy atom. The molecule has 2 rings (SSSR count). The number of amides is 1. The molecule has 0 saturated heterocycles. The summed E-state index contributed by atoms with van der Waals surface area (Å²) in [6.45, 7) is -0.254. The van der Waals surface area contributed by atoms with Crippen LogP contribution in [0.15, 0.2) is 47.4 Å². The Morgan fingerprint density at radius 1 is 1.30 bits per heavy atom. The topological polar surface area (TPSA) is 82.2 Å². The standard InChI is InChI=1S/C15H12N2O3/c18-9-3-5-11-4-1-2-6-13(11)17-15(20)12-7-8-16-14(19)10-12/h1-2,4,6-8,10,18H,9H2,(H,16,19)(H,17,20). The molecule has 0 unspecified atom stereocenters. The molecule has 1 heterocycles. The summed E-state index contributed by atoms with van der Waals surface area (Å²) in [7, 11) is 0. The first-order chi connectivity index (χ1) is 9.70. The van der Waals surface area contributed by atoms with Crippen LogP contribution in [0.25, 0.3) is 0 Å². The van der Waals surface area contributed by atoms with E-state index < -0.39 is 5.91 Å². The molecule has 0 aliphatic carbocycles. The second-order valence-electron chi connectivity index (χ2n) is 3.90. The Kier molecular flexibility index (Phi) is 4.32. The average Bonchev–Trinajstić information content (AvgIpc) is 2.46. The molecular formula is C15H12N2O3. The highest BCUT2D eigenvalue weighted by atomic mass is 16.2. The minimum absolute atomic E-state index is 0.254. The van der Waals surface area contributed by atoms with Crippen molar-refractivity contribution in [1.82, 2.24) is 4.98 Å². The van der Waals surface area contributed by atoms with E-state index >= 15 is 0 Å². The second-order valence-corrected chi connectivity index (χ2v) is 3.90. The van der Waals surface area contributed by atoms with Crippen molar-refractivity contribution in [2.45, 2.75) is 0 Å². The fourth-order valence-corrected chi connectivity index (χ4v) is 1.62. The lowest BCUT2D eigenvalue weighted by atomic mass is 10.1. The van der Waals surface area contributed by atoms with E-state index in [9.17, 15) is 9.59 Å². The van der Waals surface area contributed by atoms with Crippen LogP contribution < -0.4 is 10.9 Å². The monoisotopic (exact) mass is 268 g/mol. The molecular weight excluding hydrogens is 256 g/mol. The van der Waals surface area contributed by atoms with Crippen LogP contribution in [-0.2, 0) is 0 Å². The number of aliphatic hydroxyl groups excluding tert-OH is 1. The molecule has 0 aliphatic heterocycles. The van der Waals surface area contributed by atoms with Crippen LogP contribution in [-0.4, -0.2) is 22.6 Å². The van der Waals surface area contributed by atoms with Gasteiger partial charge in [-0.25, -0.2) is 0 Å². The molecule has 0 saturated carbocycles. The van der Waals surface area contributed by atoms with Crippen molar-refractivity contribution in [3.8, 4) is 11.8 Å². The number of carbonyl (C=O) groups excluding carboxylic acids is 1. The number of nitrogens with one attached hydrogen (secondary N) is 2. The number of para-hydroxylation sites is 1. The van der Waals surface area contributed by atoms with E-state index in [0.717, 1.165) is 0 Å². The summed E-state index contributed by atoms with van der Waals surface area (Å²) in [4.78, 5) is 25.6. The van der Waals surface area contributed by atoms with Crippen LogP contribution in [0, 0.1) is 11.8 Å². The Balaban J connectivity index is 2.26. The van der Waals surface area contributed by atoms with Crippen molar-refractivity contribution in [3.05, 3.63) is 64.1 Å². The Labute approximate surface area is 115 Å². The number of aromatic nitrogens is 1. The average molecular weight is 268 g/mol. The summed E-state index contributed by atoms with van der Waals surface area (Å²) in [5, 5.41) is 11.4. The molecule has 0 fully saturated rings. The van der Waals surface area contributed by atoms with Gasteiger partial charge in [0.2, 0.25) is 5.56 Å². The zero-order valence-electron chi connectivity index (χ0n) is 10.5. The summed E-state index contributed by atoms with van der Waals surface area (Å²) in [5.74, 6) is 4.88. The van der Waals surface area contributed by atoms with Gasteiger partial charge in [-0.2, -0.15) is 0 Å². The van der Waals surface area contributed by atoms with Gasteiger partial charge >= 0.3 is 0 Å². The third-order valence-electron chi connectivity index (χ3n) is 2.51. The van der Waals surface area contributed by atoms with Crippen LogP contribution in [0.5, 0.6) is 0 Å². The van der Waals surface area contributed by atoms with Crippen molar-refractivity contribution in [2.75, 3.05) is 11.9 Å². The number of hydrogen-bond acceptors (Lipinski definition) is 3. The lowest BCUT2D eigenvalue weighted by molar-refractivity contribution is 0.102. The quantitative estimate of drug-likeness (QED) is 0.710. The van der Waals surface area contributed by atoms with E-state index in [1.807, 2.05) is 0 Å². The molecule has 0 aliphatic rings. The number of rotatable bonds is 2. The Bertz CT molecular complexity index is 738. The molecule has 100 valence electrons. The maximum atomic E-state index is 12.0. The second kappa shape index (κ2) is 6.36. The van der Waals surface area contributed by atoms with Crippen LogP contribution >= 0.6 is 0 Å². The molecule has 1 aromatic heterocycles. The zero-order valence-corrected chi connectivity index (χ0v) is 10.5. The number of H-pyrrole nitrogens is 1. The number of benzene rings is 1. The minimum atomic E-state index is -0.394. The largest absolute Gasteiger partial charge is 0.384 e. The molecule has 1 aromatic carbocycles. The molecule has 1 amide bonds. The summed E-state index contributed by atoms with van der Waals surface area (Å²) in [5.41, 5.74) is 1.04. The van der Waals surface area contributed by atoms with E-state index in [1.54, 1.807) is 24.3 Å². The molecule has 0 atom stereocenters. The molecule has 0 bridgehead atoms. The maximum absolute atomic E-state index is 12.0. The number of pyridine rings is 1. The van der Waals surface area contributed by atoms with Gasteiger partial charge in [-0.15, -0.1) is 0 Å². The minimum Gasteiger partial charge on any atom is -0.384 e. The summed E-state index contributed by atoms with van der Waals surface area (Å²) < 4.78 is 0. The van der Waals surface area contributed by atoms with E-state index in [4.69, 9.17) is 5.11 Å². The highest BCUT2D eigenvalue weighted by molar-refractivity contribution is 6.04. The van der Waals surface area contributed by atoms with Crippen molar-refractivity contribution in [3.63, 3.8) is 0 Å². The van der Waals surface area contributed by atoms with Crippen molar-refractivity contribution < 1.29 is 9.90 Å². The SMILES string of the molecule is O=C(Nc1ccccc1C#CCO)c1cc[nH]c(=O)c1. The van der Waals surface area contributed by atoms with Gasteiger partial charge in [-0.05, 0) is 18.2 Å².